The van der Waals surface area contributed by atoms with Crippen molar-refractivity contribution < 1.29 is 14.3 Å². The Labute approximate surface area is 113 Å². The van der Waals surface area contributed by atoms with Crippen LogP contribution in [-0.4, -0.2) is 61.6 Å². The van der Waals surface area contributed by atoms with Crippen molar-refractivity contribution in [2.75, 3.05) is 32.8 Å². The Morgan fingerprint density at radius 3 is 3.16 bits per heavy atom. The van der Waals surface area contributed by atoms with Crippen LogP contribution in [0.25, 0.3) is 0 Å². The molecule has 0 spiro atoms. The maximum atomic E-state index is 12.0. The maximum absolute atomic E-state index is 12.0. The standard InChI is InChI=1S/C13H23N3O3/c1-10-8-16(6-7-19-10)9-12(17)15-11-4-2-3-5-14-13(11)18/h10-11H,2-9H2,1H3,(H,14,18)(H,15,17)/t10-,11-/m0/s1. The van der Waals surface area contributed by atoms with Gasteiger partial charge in [-0.2, -0.15) is 0 Å². The van der Waals surface area contributed by atoms with Crippen LogP contribution in [-0.2, 0) is 14.3 Å². The first-order valence-electron chi connectivity index (χ1n) is 7.06. The van der Waals surface area contributed by atoms with Crippen molar-refractivity contribution in [3.8, 4) is 0 Å². The lowest BCUT2D eigenvalue weighted by molar-refractivity contribution is -0.130. The molecule has 0 unspecified atom stereocenters. The van der Waals surface area contributed by atoms with Crippen LogP contribution in [0.1, 0.15) is 26.2 Å². The molecule has 2 aliphatic heterocycles. The van der Waals surface area contributed by atoms with Gasteiger partial charge in [0.25, 0.3) is 0 Å². The number of carbonyl (C=O) groups is 2. The molecule has 108 valence electrons. The summed E-state index contributed by atoms with van der Waals surface area (Å²) in [4.78, 5) is 25.8. The zero-order valence-electron chi connectivity index (χ0n) is 11.5. The third-order valence-corrected chi connectivity index (χ3v) is 3.56. The smallest absolute Gasteiger partial charge is 0.242 e. The Bertz CT molecular complexity index is 335. The van der Waals surface area contributed by atoms with Gasteiger partial charge in [0.15, 0.2) is 0 Å². The minimum atomic E-state index is -0.367. The van der Waals surface area contributed by atoms with Crippen LogP contribution < -0.4 is 10.6 Å². The fourth-order valence-electron chi connectivity index (χ4n) is 2.55. The van der Waals surface area contributed by atoms with Crippen molar-refractivity contribution in [3.05, 3.63) is 0 Å². The van der Waals surface area contributed by atoms with Gasteiger partial charge in [0.1, 0.15) is 6.04 Å². The Kier molecular flexibility index (Phi) is 5.15. The topological polar surface area (TPSA) is 70.7 Å². The summed E-state index contributed by atoms with van der Waals surface area (Å²) < 4.78 is 5.44. The first-order chi connectivity index (χ1) is 9.15. The molecule has 0 aliphatic carbocycles. The molecular formula is C13H23N3O3. The van der Waals surface area contributed by atoms with E-state index >= 15 is 0 Å². The van der Waals surface area contributed by atoms with Gasteiger partial charge in [-0.3, -0.25) is 14.5 Å². The Balaban J connectivity index is 1.78. The van der Waals surface area contributed by atoms with Gasteiger partial charge >= 0.3 is 0 Å². The van der Waals surface area contributed by atoms with Gasteiger partial charge in [0.05, 0.1) is 19.3 Å². The summed E-state index contributed by atoms with van der Waals surface area (Å²) in [6, 6.07) is -0.367. The maximum Gasteiger partial charge on any atom is 0.242 e. The van der Waals surface area contributed by atoms with Crippen LogP contribution >= 0.6 is 0 Å². The van der Waals surface area contributed by atoms with E-state index in [1.807, 2.05) is 6.92 Å². The molecule has 2 atom stereocenters. The number of amides is 2. The van der Waals surface area contributed by atoms with E-state index in [0.717, 1.165) is 32.4 Å². The second-order valence-electron chi connectivity index (χ2n) is 5.32. The number of nitrogens with one attached hydrogen (secondary N) is 2. The average molecular weight is 269 g/mol. The lowest BCUT2D eigenvalue weighted by Crippen LogP contribution is -2.51. The molecule has 2 fully saturated rings. The number of hydrogen-bond donors (Lipinski definition) is 2. The molecule has 0 aromatic carbocycles. The average Bonchev–Trinajstić information content (AvgIpc) is 2.55. The molecule has 6 heteroatoms. The molecule has 0 aromatic heterocycles. The molecule has 2 heterocycles. The molecule has 2 N–H and O–H groups in total. The Hall–Kier alpha value is -1.14. The number of morpholine rings is 1. The molecule has 0 radical (unpaired) electrons. The molecule has 2 amide bonds. The largest absolute Gasteiger partial charge is 0.376 e. The minimum Gasteiger partial charge on any atom is -0.376 e. The van der Waals surface area contributed by atoms with E-state index in [2.05, 4.69) is 15.5 Å². The van der Waals surface area contributed by atoms with Crippen molar-refractivity contribution >= 4 is 11.8 Å². The van der Waals surface area contributed by atoms with Gasteiger partial charge in [-0.05, 0) is 26.2 Å². The summed E-state index contributed by atoms with van der Waals surface area (Å²) in [5, 5.41) is 5.66. The molecular weight excluding hydrogens is 246 g/mol. The molecule has 19 heavy (non-hydrogen) atoms. The summed E-state index contributed by atoms with van der Waals surface area (Å²) in [5.74, 6) is -0.127. The number of carbonyl (C=O) groups excluding carboxylic acids is 2. The fourth-order valence-corrected chi connectivity index (χ4v) is 2.55. The molecule has 0 aromatic rings. The van der Waals surface area contributed by atoms with Crippen molar-refractivity contribution in [2.45, 2.75) is 38.3 Å². The SMILES string of the molecule is C[C@H]1CN(CC(=O)N[C@H]2CCCCNC2=O)CCO1. The third kappa shape index (κ3) is 4.47. The first-order valence-corrected chi connectivity index (χ1v) is 7.06. The predicted molar refractivity (Wildman–Crippen MR) is 70.6 cm³/mol. The third-order valence-electron chi connectivity index (χ3n) is 3.56. The number of rotatable bonds is 3. The van der Waals surface area contributed by atoms with Gasteiger partial charge in [-0.1, -0.05) is 0 Å². The first kappa shape index (κ1) is 14.3. The normalized spacial score (nSPS) is 29.4. The highest BCUT2D eigenvalue weighted by molar-refractivity contribution is 5.88. The monoisotopic (exact) mass is 269 g/mol. The summed E-state index contributed by atoms with van der Waals surface area (Å²) in [6.07, 6.45) is 2.86. The summed E-state index contributed by atoms with van der Waals surface area (Å²) in [5.41, 5.74) is 0. The van der Waals surface area contributed by atoms with E-state index in [4.69, 9.17) is 4.74 Å². The second-order valence-corrected chi connectivity index (χ2v) is 5.32. The lowest BCUT2D eigenvalue weighted by Gasteiger charge is -2.30. The van der Waals surface area contributed by atoms with E-state index in [1.165, 1.54) is 0 Å². The van der Waals surface area contributed by atoms with Crippen molar-refractivity contribution in [1.82, 2.24) is 15.5 Å². The summed E-state index contributed by atoms with van der Waals surface area (Å²) in [6.45, 7) is 5.27. The van der Waals surface area contributed by atoms with E-state index in [1.54, 1.807) is 0 Å². The van der Waals surface area contributed by atoms with Crippen LogP contribution in [0.15, 0.2) is 0 Å². The van der Waals surface area contributed by atoms with Gasteiger partial charge < -0.3 is 15.4 Å². The van der Waals surface area contributed by atoms with Crippen molar-refractivity contribution in [2.24, 2.45) is 0 Å². The minimum absolute atomic E-state index is 0.0544. The van der Waals surface area contributed by atoms with E-state index in [0.29, 0.717) is 19.7 Å². The van der Waals surface area contributed by atoms with Gasteiger partial charge in [-0.15, -0.1) is 0 Å². The number of ether oxygens (including phenoxy) is 1. The second kappa shape index (κ2) is 6.86. The summed E-state index contributed by atoms with van der Waals surface area (Å²) >= 11 is 0. The lowest BCUT2D eigenvalue weighted by atomic mass is 10.1. The summed E-state index contributed by atoms with van der Waals surface area (Å²) in [7, 11) is 0. The quantitative estimate of drug-likeness (QED) is 0.724. The van der Waals surface area contributed by atoms with E-state index in [-0.39, 0.29) is 24.0 Å². The number of hydrogen-bond acceptors (Lipinski definition) is 4. The van der Waals surface area contributed by atoms with Crippen LogP contribution in [0.2, 0.25) is 0 Å². The number of nitrogens with zero attached hydrogens (tertiary/aromatic N) is 1. The molecule has 2 saturated heterocycles. The molecule has 2 aliphatic rings. The van der Waals surface area contributed by atoms with Crippen LogP contribution in [0.4, 0.5) is 0 Å². The molecule has 6 nitrogen and oxygen atoms in total. The van der Waals surface area contributed by atoms with Gasteiger partial charge in [0.2, 0.25) is 11.8 Å². The molecule has 0 bridgehead atoms. The van der Waals surface area contributed by atoms with Gasteiger partial charge in [-0.25, -0.2) is 0 Å². The van der Waals surface area contributed by atoms with E-state index < -0.39 is 0 Å². The highest BCUT2D eigenvalue weighted by Crippen LogP contribution is 2.06. The van der Waals surface area contributed by atoms with Crippen LogP contribution in [0.5, 0.6) is 0 Å². The Morgan fingerprint density at radius 1 is 1.53 bits per heavy atom. The fraction of sp³-hybridized carbons (Fsp3) is 0.846. The van der Waals surface area contributed by atoms with Gasteiger partial charge in [0, 0.05) is 19.6 Å². The predicted octanol–water partition coefficient (Wildman–Crippen LogP) is -0.508. The van der Waals surface area contributed by atoms with Crippen molar-refractivity contribution in [1.29, 1.82) is 0 Å². The van der Waals surface area contributed by atoms with Crippen LogP contribution in [0, 0.1) is 0 Å². The highest BCUT2D eigenvalue weighted by Gasteiger charge is 2.24. The van der Waals surface area contributed by atoms with E-state index in [9.17, 15) is 9.59 Å². The van der Waals surface area contributed by atoms with Crippen LogP contribution in [0.3, 0.4) is 0 Å². The van der Waals surface area contributed by atoms with Crippen molar-refractivity contribution in [3.63, 3.8) is 0 Å². The zero-order chi connectivity index (χ0) is 13.7. The molecule has 0 saturated carbocycles. The Morgan fingerprint density at radius 2 is 2.37 bits per heavy atom. The highest BCUT2D eigenvalue weighted by atomic mass is 16.5. The zero-order valence-corrected chi connectivity index (χ0v) is 11.5. The molecule has 2 rings (SSSR count).